The quantitative estimate of drug-likeness (QED) is 0.779. The molecule has 0 aliphatic carbocycles. The van der Waals surface area contributed by atoms with Crippen molar-refractivity contribution in [3.05, 3.63) is 29.6 Å². The Balaban J connectivity index is 2.52. The van der Waals surface area contributed by atoms with Crippen LogP contribution in [0.15, 0.2) is 18.2 Å². The van der Waals surface area contributed by atoms with Crippen LogP contribution in [0.25, 0.3) is 0 Å². The van der Waals surface area contributed by atoms with Crippen molar-refractivity contribution in [3.8, 4) is 5.75 Å². The largest absolute Gasteiger partial charge is 0.497 e. The second kappa shape index (κ2) is 6.86. The smallest absolute Gasteiger partial charge is 0.147 e. The lowest BCUT2D eigenvalue weighted by molar-refractivity contribution is 0.409. The van der Waals surface area contributed by atoms with Crippen LogP contribution in [0.1, 0.15) is 24.9 Å². The molecule has 0 bridgehead atoms. The van der Waals surface area contributed by atoms with E-state index in [1.165, 1.54) is 19.4 Å². The van der Waals surface area contributed by atoms with Gasteiger partial charge in [0.05, 0.1) is 12.9 Å². The molecular weight excluding hydrogens is 269 g/mol. The zero-order valence-corrected chi connectivity index (χ0v) is 12.3. The van der Waals surface area contributed by atoms with Gasteiger partial charge in [0.15, 0.2) is 0 Å². The van der Waals surface area contributed by atoms with Gasteiger partial charge in [0.25, 0.3) is 0 Å². The highest BCUT2D eigenvalue weighted by Crippen LogP contribution is 2.21. The Kier molecular flexibility index (Phi) is 5.75. The van der Waals surface area contributed by atoms with Crippen LogP contribution in [0.5, 0.6) is 5.75 Å². The van der Waals surface area contributed by atoms with Crippen LogP contribution < -0.4 is 10.1 Å². The van der Waals surface area contributed by atoms with Gasteiger partial charge in [-0.25, -0.2) is 12.8 Å². The Bertz CT molecular complexity index is 517. The second-order valence-electron chi connectivity index (χ2n) is 4.55. The Labute approximate surface area is 113 Å². The number of ether oxygens (including phenoxy) is 1. The predicted molar refractivity (Wildman–Crippen MR) is 73.7 cm³/mol. The number of halogens is 1. The molecule has 6 heteroatoms. The zero-order chi connectivity index (χ0) is 14.5. The number of rotatable bonds is 7. The summed E-state index contributed by atoms with van der Waals surface area (Å²) in [7, 11) is -1.45. The maximum atomic E-state index is 13.8. The third-order valence-electron chi connectivity index (χ3n) is 2.82. The highest BCUT2D eigenvalue weighted by Gasteiger charge is 2.11. The van der Waals surface area contributed by atoms with E-state index in [-0.39, 0.29) is 17.6 Å². The normalized spacial score (nSPS) is 13.3. The molecule has 1 unspecified atom stereocenters. The van der Waals surface area contributed by atoms with Crippen LogP contribution in [0.2, 0.25) is 0 Å². The summed E-state index contributed by atoms with van der Waals surface area (Å²) in [6.07, 6.45) is 1.72. The molecule has 1 N–H and O–H groups in total. The molecule has 0 spiro atoms. The molecule has 4 nitrogen and oxygen atoms in total. The summed E-state index contributed by atoms with van der Waals surface area (Å²) in [5.74, 6) is 0.283. The summed E-state index contributed by atoms with van der Waals surface area (Å²) in [6, 6.07) is 4.53. The van der Waals surface area contributed by atoms with Crippen molar-refractivity contribution >= 4 is 9.84 Å². The van der Waals surface area contributed by atoms with Crippen molar-refractivity contribution in [2.24, 2.45) is 0 Å². The molecule has 1 aromatic rings. The third kappa shape index (κ3) is 5.57. The topological polar surface area (TPSA) is 55.4 Å². The fourth-order valence-electron chi connectivity index (χ4n) is 1.75. The van der Waals surface area contributed by atoms with Crippen LogP contribution in [0.4, 0.5) is 4.39 Å². The fraction of sp³-hybridized carbons (Fsp3) is 0.538. The Morgan fingerprint density at radius 1 is 1.42 bits per heavy atom. The molecule has 0 radical (unpaired) electrons. The van der Waals surface area contributed by atoms with E-state index >= 15 is 0 Å². The second-order valence-corrected chi connectivity index (χ2v) is 6.81. The number of hydrogen-bond donors (Lipinski definition) is 1. The van der Waals surface area contributed by atoms with Crippen LogP contribution >= 0.6 is 0 Å². The van der Waals surface area contributed by atoms with Crippen LogP contribution in [0.3, 0.4) is 0 Å². The van der Waals surface area contributed by atoms with Crippen molar-refractivity contribution in [1.82, 2.24) is 5.32 Å². The van der Waals surface area contributed by atoms with Gasteiger partial charge in [-0.15, -0.1) is 0 Å². The van der Waals surface area contributed by atoms with Gasteiger partial charge in [-0.1, -0.05) is 6.07 Å². The molecule has 0 saturated heterocycles. The SMILES string of the molecule is COc1ccc(C(C)NCCCS(C)(=O)=O)c(F)c1. The third-order valence-corrected chi connectivity index (χ3v) is 3.85. The molecule has 1 atom stereocenters. The van der Waals surface area contributed by atoms with Crippen molar-refractivity contribution in [2.75, 3.05) is 25.7 Å². The van der Waals surface area contributed by atoms with Crippen molar-refractivity contribution < 1.29 is 17.5 Å². The van der Waals surface area contributed by atoms with E-state index in [2.05, 4.69) is 5.32 Å². The lowest BCUT2D eigenvalue weighted by Gasteiger charge is -2.15. The summed E-state index contributed by atoms with van der Waals surface area (Å²) < 4.78 is 40.6. The standard InChI is InChI=1S/C13H20FNO3S/c1-10(15-7-4-8-19(3,16)17)12-6-5-11(18-2)9-13(12)14/h5-6,9-10,15H,4,7-8H2,1-3H3. The molecule has 1 rings (SSSR count). The Hall–Kier alpha value is -1.14. The molecular formula is C13H20FNO3S. The first-order valence-corrected chi connectivity index (χ1v) is 8.14. The zero-order valence-electron chi connectivity index (χ0n) is 11.4. The maximum Gasteiger partial charge on any atom is 0.147 e. The molecule has 0 heterocycles. The van der Waals surface area contributed by atoms with E-state index in [9.17, 15) is 12.8 Å². The van der Waals surface area contributed by atoms with E-state index in [0.717, 1.165) is 0 Å². The number of sulfone groups is 1. The molecule has 0 aliphatic rings. The highest BCUT2D eigenvalue weighted by atomic mass is 32.2. The fourth-order valence-corrected chi connectivity index (χ4v) is 2.42. The number of benzene rings is 1. The lowest BCUT2D eigenvalue weighted by atomic mass is 10.1. The first kappa shape index (κ1) is 15.9. The van der Waals surface area contributed by atoms with E-state index in [0.29, 0.717) is 24.3 Å². The Morgan fingerprint density at radius 3 is 2.63 bits per heavy atom. The van der Waals surface area contributed by atoms with Gasteiger partial charge in [0.1, 0.15) is 21.4 Å². The van der Waals surface area contributed by atoms with Gasteiger partial charge < -0.3 is 10.1 Å². The first-order valence-electron chi connectivity index (χ1n) is 6.08. The van der Waals surface area contributed by atoms with Gasteiger partial charge in [-0.3, -0.25) is 0 Å². The first-order chi connectivity index (χ1) is 8.83. The Morgan fingerprint density at radius 2 is 2.11 bits per heavy atom. The number of nitrogens with one attached hydrogen (secondary N) is 1. The van der Waals surface area contributed by atoms with Gasteiger partial charge in [0, 0.05) is 23.9 Å². The monoisotopic (exact) mass is 289 g/mol. The molecule has 1 aromatic carbocycles. The van der Waals surface area contributed by atoms with E-state index < -0.39 is 9.84 Å². The number of methoxy groups -OCH3 is 1. The average molecular weight is 289 g/mol. The maximum absolute atomic E-state index is 13.8. The van der Waals surface area contributed by atoms with Crippen molar-refractivity contribution in [1.29, 1.82) is 0 Å². The molecule has 0 saturated carbocycles. The van der Waals surface area contributed by atoms with Gasteiger partial charge in [0.2, 0.25) is 0 Å². The van der Waals surface area contributed by atoms with Crippen LogP contribution in [-0.4, -0.2) is 34.1 Å². The summed E-state index contributed by atoms with van der Waals surface area (Å²) >= 11 is 0. The summed E-state index contributed by atoms with van der Waals surface area (Å²) in [4.78, 5) is 0. The summed E-state index contributed by atoms with van der Waals surface area (Å²) in [5.41, 5.74) is 0.542. The summed E-state index contributed by atoms with van der Waals surface area (Å²) in [5, 5.41) is 3.10. The lowest BCUT2D eigenvalue weighted by Crippen LogP contribution is -2.22. The minimum atomic E-state index is -2.93. The van der Waals surface area contributed by atoms with Crippen LogP contribution in [-0.2, 0) is 9.84 Å². The van der Waals surface area contributed by atoms with E-state index in [4.69, 9.17) is 4.74 Å². The predicted octanol–water partition coefficient (Wildman–Crippen LogP) is 1.92. The summed E-state index contributed by atoms with van der Waals surface area (Å²) in [6.45, 7) is 2.37. The van der Waals surface area contributed by atoms with Gasteiger partial charge in [-0.2, -0.15) is 0 Å². The van der Waals surface area contributed by atoms with E-state index in [1.54, 1.807) is 12.1 Å². The van der Waals surface area contributed by atoms with Crippen molar-refractivity contribution in [3.63, 3.8) is 0 Å². The van der Waals surface area contributed by atoms with Crippen molar-refractivity contribution in [2.45, 2.75) is 19.4 Å². The average Bonchev–Trinajstić information content (AvgIpc) is 2.33. The van der Waals surface area contributed by atoms with E-state index in [1.807, 2.05) is 6.92 Å². The minimum Gasteiger partial charge on any atom is -0.497 e. The van der Waals surface area contributed by atoms with Crippen LogP contribution in [0, 0.1) is 5.82 Å². The minimum absolute atomic E-state index is 0.137. The molecule has 19 heavy (non-hydrogen) atoms. The molecule has 0 amide bonds. The van der Waals surface area contributed by atoms with Gasteiger partial charge in [-0.05, 0) is 26.0 Å². The number of hydrogen-bond acceptors (Lipinski definition) is 4. The molecule has 0 fully saturated rings. The highest BCUT2D eigenvalue weighted by molar-refractivity contribution is 7.90. The molecule has 0 aromatic heterocycles. The van der Waals surface area contributed by atoms with Gasteiger partial charge >= 0.3 is 0 Å². The molecule has 108 valence electrons. The molecule has 0 aliphatic heterocycles.